The number of H-pyrrole nitrogens is 1. The molecule has 0 aliphatic carbocycles. The minimum absolute atomic E-state index is 0.0754. The monoisotopic (exact) mass is 433 g/mol. The fourth-order valence-corrected chi connectivity index (χ4v) is 3.18. The Labute approximate surface area is 180 Å². The third kappa shape index (κ3) is 4.82. The van der Waals surface area contributed by atoms with Crippen molar-refractivity contribution < 1.29 is 38.1 Å². The summed E-state index contributed by atoms with van der Waals surface area (Å²) in [5.74, 6) is -0.881. The number of hydrogen-bond acceptors (Lipinski definition) is 8. The second-order valence-corrected chi connectivity index (χ2v) is 6.66. The highest BCUT2D eigenvalue weighted by Crippen LogP contribution is 2.35. The van der Waals surface area contributed by atoms with Gasteiger partial charge in [-0.2, -0.15) is 0 Å². The van der Waals surface area contributed by atoms with Crippen LogP contribution in [0.15, 0.2) is 12.1 Å². The van der Waals surface area contributed by atoms with Crippen molar-refractivity contribution in [1.82, 2.24) is 4.98 Å². The number of nitrogens with one attached hydrogen (secondary N) is 1. The zero-order chi connectivity index (χ0) is 23.3. The van der Waals surface area contributed by atoms with E-state index in [-0.39, 0.29) is 23.6 Å². The highest BCUT2D eigenvalue weighted by atomic mass is 16.6. The van der Waals surface area contributed by atoms with E-state index in [1.165, 1.54) is 40.4 Å². The van der Waals surface area contributed by atoms with Gasteiger partial charge in [0.25, 0.3) is 0 Å². The molecule has 1 atom stereocenters. The average Bonchev–Trinajstić information content (AvgIpc) is 3.05. The first-order valence-electron chi connectivity index (χ1n) is 9.61. The van der Waals surface area contributed by atoms with Gasteiger partial charge in [0.15, 0.2) is 17.6 Å². The predicted octanol–water partition coefficient (Wildman–Crippen LogP) is 3.26. The van der Waals surface area contributed by atoms with Crippen LogP contribution in [0, 0.1) is 13.8 Å². The smallest absolute Gasteiger partial charge is 0.342 e. The van der Waals surface area contributed by atoms with E-state index in [2.05, 4.69) is 4.98 Å². The standard InChI is InChI=1S/C22H27NO8/c1-8-30-22(26)18-11(2)19(23-12(18)3)20(24)13(4)31-21(25)14-9-16(28-6)17(29-7)10-15(14)27-5/h9-10,13,23H,8H2,1-7H3. The highest BCUT2D eigenvalue weighted by Gasteiger charge is 2.29. The number of carbonyl (C=O) groups excluding carboxylic acids is 3. The molecule has 168 valence electrons. The van der Waals surface area contributed by atoms with Crippen LogP contribution in [-0.2, 0) is 9.47 Å². The maximum atomic E-state index is 12.9. The summed E-state index contributed by atoms with van der Waals surface area (Å²) in [4.78, 5) is 40.7. The third-order valence-corrected chi connectivity index (χ3v) is 4.74. The molecule has 2 rings (SSSR count). The molecule has 1 aromatic heterocycles. The Morgan fingerprint density at radius 2 is 1.52 bits per heavy atom. The summed E-state index contributed by atoms with van der Waals surface area (Å²) in [6.07, 6.45) is -1.13. The number of ketones is 1. The summed E-state index contributed by atoms with van der Waals surface area (Å²) in [7, 11) is 4.29. The van der Waals surface area contributed by atoms with Gasteiger partial charge < -0.3 is 28.7 Å². The molecule has 0 amide bonds. The number of ether oxygens (including phenoxy) is 5. The number of aromatic nitrogens is 1. The summed E-state index contributed by atoms with van der Waals surface area (Å²) >= 11 is 0. The molecular formula is C22H27NO8. The number of methoxy groups -OCH3 is 3. The van der Waals surface area contributed by atoms with E-state index in [4.69, 9.17) is 23.7 Å². The van der Waals surface area contributed by atoms with Crippen LogP contribution >= 0.6 is 0 Å². The zero-order valence-corrected chi connectivity index (χ0v) is 18.7. The minimum atomic E-state index is -1.13. The van der Waals surface area contributed by atoms with Crippen molar-refractivity contribution in [3.05, 3.63) is 40.2 Å². The molecular weight excluding hydrogens is 406 g/mol. The molecule has 0 aliphatic rings. The zero-order valence-electron chi connectivity index (χ0n) is 18.7. The average molecular weight is 433 g/mol. The van der Waals surface area contributed by atoms with Crippen LogP contribution in [0.1, 0.15) is 56.3 Å². The van der Waals surface area contributed by atoms with E-state index in [0.29, 0.717) is 28.3 Å². The Kier molecular flexibility index (Phi) is 7.68. The molecule has 0 spiro atoms. The SMILES string of the molecule is CCOC(=O)c1c(C)[nH]c(C(=O)C(C)OC(=O)c2cc(OC)c(OC)cc2OC)c1C. The molecule has 2 aromatic rings. The summed E-state index contributed by atoms with van der Waals surface area (Å²) < 4.78 is 26.1. The van der Waals surface area contributed by atoms with Crippen molar-refractivity contribution in [2.45, 2.75) is 33.8 Å². The molecule has 1 heterocycles. The number of carbonyl (C=O) groups is 3. The van der Waals surface area contributed by atoms with Gasteiger partial charge in [-0.25, -0.2) is 9.59 Å². The van der Waals surface area contributed by atoms with Crippen molar-refractivity contribution in [2.75, 3.05) is 27.9 Å². The second-order valence-electron chi connectivity index (χ2n) is 6.66. The van der Waals surface area contributed by atoms with E-state index >= 15 is 0 Å². The first-order chi connectivity index (χ1) is 14.7. The predicted molar refractivity (Wildman–Crippen MR) is 112 cm³/mol. The minimum Gasteiger partial charge on any atom is -0.496 e. The van der Waals surface area contributed by atoms with Gasteiger partial charge in [0.2, 0.25) is 5.78 Å². The van der Waals surface area contributed by atoms with E-state index in [0.717, 1.165) is 0 Å². The van der Waals surface area contributed by atoms with Crippen molar-refractivity contribution >= 4 is 17.7 Å². The molecule has 1 aromatic carbocycles. The number of benzene rings is 1. The molecule has 0 fully saturated rings. The molecule has 0 bridgehead atoms. The lowest BCUT2D eigenvalue weighted by Crippen LogP contribution is -2.25. The lowest BCUT2D eigenvalue weighted by Gasteiger charge is -2.16. The lowest BCUT2D eigenvalue weighted by molar-refractivity contribution is 0.0313. The van der Waals surface area contributed by atoms with Crippen LogP contribution in [0.5, 0.6) is 17.2 Å². The van der Waals surface area contributed by atoms with Crippen LogP contribution in [0.2, 0.25) is 0 Å². The van der Waals surface area contributed by atoms with E-state index in [1.54, 1.807) is 20.8 Å². The molecule has 0 saturated carbocycles. The number of rotatable bonds is 9. The Balaban J connectivity index is 2.29. The molecule has 0 saturated heterocycles. The fourth-order valence-electron chi connectivity index (χ4n) is 3.18. The van der Waals surface area contributed by atoms with Crippen LogP contribution < -0.4 is 14.2 Å². The first-order valence-corrected chi connectivity index (χ1v) is 9.61. The number of esters is 2. The van der Waals surface area contributed by atoms with Crippen LogP contribution in [-0.4, -0.2) is 56.7 Å². The Morgan fingerprint density at radius 3 is 2.06 bits per heavy atom. The van der Waals surface area contributed by atoms with Crippen LogP contribution in [0.3, 0.4) is 0 Å². The molecule has 1 N–H and O–H groups in total. The van der Waals surface area contributed by atoms with Crippen LogP contribution in [0.4, 0.5) is 0 Å². The van der Waals surface area contributed by atoms with Crippen molar-refractivity contribution in [2.24, 2.45) is 0 Å². The van der Waals surface area contributed by atoms with Gasteiger partial charge in [-0.3, -0.25) is 4.79 Å². The maximum Gasteiger partial charge on any atom is 0.342 e. The van der Waals surface area contributed by atoms with E-state index < -0.39 is 23.8 Å². The number of aromatic amines is 1. The summed E-state index contributed by atoms with van der Waals surface area (Å²) in [6.45, 7) is 6.67. The van der Waals surface area contributed by atoms with Gasteiger partial charge in [-0.05, 0) is 33.3 Å². The third-order valence-electron chi connectivity index (χ3n) is 4.74. The summed E-state index contributed by atoms with van der Waals surface area (Å²) in [5, 5.41) is 0. The highest BCUT2D eigenvalue weighted by molar-refractivity contribution is 6.05. The number of hydrogen-bond donors (Lipinski definition) is 1. The van der Waals surface area contributed by atoms with Crippen molar-refractivity contribution in [3.8, 4) is 17.2 Å². The molecule has 1 unspecified atom stereocenters. The van der Waals surface area contributed by atoms with E-state index in [9.17, 15) is 14.4 Å². The quantitative estimate of drug-likeness (QED) is 0.474. The van der Waals surface area contributed by atoms with Gasteiger partial charge >= 0.3 is 11.9 Å². The summed E-state index contributed by atoms with van der Waals surface area (Å²) in [5.41, 5.74) is 1.49. The number of Topliss-reactive ketones (excluding diaryl/α,β-unsaturated/α-hetero) is 1. The Morgan fingerprint density at radius 1 is 0.935 bits per heavy atom. The Hall–Kier alpha value is -3.49. The van der Waals surface area contributed by atoms with Gasteiger partial charge in [-0.15, -0.1) is 0 Å². The maximum absolute atomic E-state index is 12.9. The molecule has 0 radical (unpaired) electrons. The van der Waals surface area contributed by atoms with Crippen molar-refractivity contribution in [3.63, 3.8) is 0 Å². The molecule has 0 aliphatic heterocycles. The number of aryl methyl sites for hydroxylation is 1. The van der Waals surface area contributed by atoms with Gasteiger partial charge in [0.1, 0.15) is 11.3 Å². The van der Waals surface area contributed by atoms with Gasteiger partial charge in [0, 0.05) is 17.8 Å². The second kappa shape index (κ2) is 10.0. The largest absolute Gasteiger partial charge is 0.496 e. The normalized spacial score (nSPS) is 11.5. The topological polar surface area (TPSA) is 113 Å². The first kappa shape index (κ1) is 23.8. The molecule has 31 heavy (non-hydrogen) atoms. The van der Waals surface area contributed by atoms with Gasteiger partial charge in [0.05, 0.1) is 39.2 Å². The van der Waals surface area contributed by atoms with Crippen molar-refractivity contribution in [1.29, 1.82) is 0 Å². The van der Waals surface area contributed by atoms with Crippen LogP contribution in [0.25, 0.3) is 0 Å². The Bertz CT molecular complexity index is 992. The fraction of sp³-hybridized carbons (Fsp3) is 0.409. The lowest BCUT2D eigenvalue weighted by atomic mass is 10.1. The van der Waals surface area contributed by atoms with E-state index in [1.807, 2.05) is 0 Å². The molecule has 9 nitrogen and oxygen atoms in total. The van der Waals surface area contributed by atoms with Gasteiger partial charge in [-0.1, -0.05) is 0 Å². The summed E-state index contributed by atoms with van der Waals surface area (Å²) in [6, 6.07) is 2.91. The molecule has 9 heteroatoms.